The first-order valence-corrected chi connectivity index (χ1v) is 8.53. The Morgan fingerprint density at radius 2 is 2.00 bits per heavy atom. The number of amides is 1. The Hall–Kier alpha value is -2.55. The van der Waals surface area contributed by atoms with Crippen LogP contribution in [0.4, 0.5) is 18.9 Å². The maximum absolute atomic E-state index is 12.9. The zero-order valence-electron chi connectivity index (χ0n) is 13.8. The SMILES string of the molecule is CCCOc1ccc(C(F)(F)F)cc1NC(=O)COC(=O)c1cccs1. The Labute approximate surface area is 151 Å². The van der Waals surface area contributed by atoms with E-state index in [9.17, 15) is 22.8 Å². The molecule has 9 heteroatoms. The largest absolute Gasteiger partial charge is 0.491 e. The number of anilines is 1. The number of halogens is 3. The Balaban J connectivity index is 2.07. The molecular weight excluding hydrogens is 371 g/mol. The van der Waals surface area contributed by atoms with Gasteiger partial charge < -0.3 is 14.8 Å². The van der Waals surface area contributed by atoms with E-state index >= 15 is 0 Å². The average Bonchev–Trinajstić information content (AvgIpc) is 3.12. The number of benzene rings is 1. The smallest absolute Gasteiger partial charge is 0.416 e. The highest BCUT2D eigenvalue weighted by Crippen LogP contribution is 2.35. The lowest BCUT2D eigenvalue weighted by Gasteiger charge is -2.15. The lowest BCUT2D eigenvalue weighted by atomic mass is 10.1. The normalized spacial score (nSPS) is 11.1. The fourth-order valence-electron chi connectivity index (χ4n) is 1.93. The van der Waals surface area contributed by atoms with Gasteiger partial charge in [0.1, 0.15) is 10.6 Å². The van der Waals surface area contributed by atoms with Crippen molar-refractivity contribution in [2.24, 2.45) is 0 Å². The number of rotatable bonds is 7. The second-order valence-electron chi connectivity index (χ2n) is 5.16. The fourth-order valence-corrected chi connectivity index (χ4v) is 2.54. The van der Waals surface area contributed by atoms with Crippen LogP contribution in [0.15, 0.2) is 35.7 Å². The van der Waals surface area contributed by atoms with Crippen LogP contribution >= 0.6 is 11.3 Å². The van der Waals surface area contributed by atoms with Crippen LogP contribution in [0, 0.1) is 0 Å². The molecule has 0 saturated heterocycles. The summed E-state index contributed by atoms with van der Waals surface area (Å²) in [6, 6.07) is 5.99. The minimum Gasteiger partial charge on any atom is -0.491 e. The first-order valence-electron chi connectivity index (χ1n) is 7.65. The molecule has 1 amide bonds. The third-order valence-electron chi connectivity index (χ3n) is 3.10. The maximum atomic E-state index is 12.9. The van der Waals surface area contributed by atoms with E-state index in [4.69, 9.17) is 9.47 Å². The summed E-state index contributed by atoms with van der Waals surface area (Å²) in [4.78, 5) is 24.0. The second kappa shape index (κ2) is 8.70. The highest BCUT2D eigenvalue weighted by atomic mass is 32.1. The third kappa shape index (κ3) is 5.48. The van der Waals surface area contributed by atoms with Gasteiger partial charge >= 0.3 is 12.1 Å². The molecule has 0 aliphatic carbocycles. The summed E-state index contributed by atoms with van der Waals surface area (Å²) >= 11 is 1.15. The van der Waals surface area contributed by atoms with E-state index in [-0.39, 0.29) is 18.0 Å². The molecule has 0 fully saturated rings. The Morgan fingerprint density at radius 1 is 1.23 bits per heavy atom. The van der Waals surface area contributed by atoms with Crippen molar-refractivity contribution in [2.45, 2.75) is 19.5 Å². The molecule has 1 aromatic heterocycles. The molecule has 140 valence electrons. The van der Waals surface area contributed by atoms with Gasteiger partial charge in [-0.1, -0.05) is 13.0 Å². The van der Waals surface area contributed by atoms with E-state index in [0.717, 1.165) is 29.5 Å². The van der Waals surface area contributed by atoms with E-state index in [1.54, 1.807) is 11.4 Å². The van der Waals surface area contributed by atoms with Gasteiger partial charge in [-0.25, -0.2) is 4.79 Å². The number of carbonyl (C=O) groups is 2. The highest BCUT2D eigenvalue weighted by molar-refractivity contribution is 7.11. The van der Waals surface area contributed by atoms with Crippen molar-refractivity contribution in [3.8, 4) is 5.75 Å². The molecule has 2 aromatic rings. The average molecular weight is 387 g/mol. The van der Waals surface area contributed by atoms with E-state index in [2.05, 4.69) is 5.32 Å². The van der Waals surface area contributed by atoms with Gasteiger partial charge in [0.05, 0.1) is 17.9 Å². The molecule has 0 saturated carbocycles. The van der Waals surface area contributed by atoms with Crippen LogP contribution in [0.5, 0.6) is 5.75 Å². The monoisotopic (exact) mass is 387 g/mol. The van der Waals surface area contributed by atoms with Crippen LogP contribution in [0.3, 0.4) is 0 Å². The number of esters is 1. The summed E-state index contributed by atoms with van der Waals surface area (Å²) in [5, 5.41) is 3.97. The van der Waals surface area contributed by atoms with Crippen LogP contribution in [0.25, 0.3) is 0 Å². The predicted molar refractivity (Wildman–Crippen MR) is 90.5 cm³/mol. The molecule has 26 heavy (non-hydrogen) atoms. The molecule has 0 radical (unpaired) electrons. The van der Waals surface area contributed by atoms with Crippen molar-refractivity contribution in [1.29, 1.82) is 0 Å². The van der Waals surface area contributed by atoms with Crippen molar-refractivity contribution in [3.63, 3.8) is 0 Å². The van der Waals surface area contributed by atoms with Crippen LogP contribution in [0.2, 0.25) is 0 Å². The first-order chi connectivity index (χ1) is 12.3. The molecule has 5 nitrogen and oxygen atoms in total. The zero-order valence-corrected chi connectivity index (χ0v) is 14.6. The van der Waals surface area contributed by atoms with E-state index in [1.165, 1.54) is 6.07 Å². The van der Waals surface area contributed by atoms with Gasteiger partial charge in [0.2, 0.25) is 0 Å². The van der Waals surface area contributed by atoms with Gasteiger partial charge in [-0.05, 0) is 36.1 Å². The van der Waals surface area contributed by atoms with E-state index in [1.807, 2.05) is 6.92 Å². The van der Waals surface area contributed by atoms with Gasteiger partial charge in [-0.15, -0.1) is 11.3 Å². The topological polar surface area (TPSA) is 64.6 Å². The summed E-state index contributed by atoms with van der Waals surface area (Å²) in [6.45, 7) is 1.49. The van der Waals surface area contributed by atoms with Gasteiger partial charge in [0.25, 0.3) is 5.91 Å². The van der Waals surface area contributed by atoms with Crippen molar-refractivity contribution >= 4 is 28.9 Å². The number of thiophene rings is 1. The molecule has 2 rings (SSSR count). The van der Waals surface area contributed by atoms with Crippen LogP contribution in [-0.2, 0) is 15.7 Å². The summed E-state index contributed by atoms with van der Waals surface area (Å²) in [6.07, 6.45) is -3.92. The van der Waals surface area contributed by atoms with Gasteiger partial charge in [-0.3, -0.25) is 4.79 Å². The van der Waals surface area contributed by atoms with Gasteiger partial charge in [0, 0.05) is 0 Å². The van der Waals surface area contributed by atoms with Crippen molar-refractivity contribution < 1.29 is 32.2 Å². The second-order valence-corrected chi connectivity index (χ2v) is 6.11. The number of hydrogen-bond donors (Lipinski definition) is 1. The van der Waals surface area contributed by atoms with Crippen molar-refractivity contribution in [3.05, 3.63) is 46.2 Å². The van der Waals surface area contributed by atoms with E-state index in [0.29, 0.717) is 11.3 Å². The minimum absolute atomic E-state index is 0.109. The molecule has 0 spiro atoms. The fraction of sp³-hybridized carbons (Fsp3) is 0.294. The van der Waals surface area contributed by atoms with Crippen molar-refractivity contribution in [2.75, 3.05) is 18.5 Å². The number of carbonyl (C=O) groups excluding carboxylic acids is 2. The summed E-state index contributed by atoms with van der Waals surface area (Å²) in [7, 11) is 0. The number of alkyl halides is 3. The Kier molecular flexibility index (Phi) is 6.62. The lowest BCUT2D eigenvalue weighted by molar-refractivity contribution is -0.137. The number of nitrogens with one attached hydrogen (secondary N) is 1. The molecule has 1 heterocycles. The minimum atomic E-state index is -4.56. The number of ether oxygens (including phenoxy) is 2. The van der Waals surface area contributed by atoms with E-state index < -0.39 is 30.2 Å². The first kappa shape index (κ1) is 19.8. The third-order valence-corrected chi connectivity index (χ3v) is 3.95. The summed E-state index contributed by atoms with van der Waals surface area (Å²) in [5.41, 5.74) is -1.06. The quantitative estimate of drug-likeness (QED) is 0.718. The molecule has 1 aromatic carbocycles. The standard InChI is InChI=1S/C17H16F3NO4S/c1-2-7-24-13-6-5-11(17(18,19)20)9-12(13)21-15(22)10-25-16(23)14-4-3-8-26-14/h3-6,8-9H,2,7,10H2,1H3,(H,21,22). The number of hydrogen-bond acceptors (Lipinski definition) is 5. The Bertz CT molecular complexity index is 760. The molecule has 1 N–H and O–H groups in total. The summed E-state index contributed by atoms with van der Waals surface area (Å²) in [5.74, 6) is -1.34. The van der Waals surface area contributed by atoms with Crippen LogP contribution in [0.1, 0.15) is 28.6 Å². The molecule has 0 aliphatic rings. The predicted octanol–water partition coefficient (Wildman–Crippen LogP) is 4.35. The molecule has 0 aliphatic heterocycles. The maximum Gasteiger partial charge on any atom is 0.416 e. The molecule has 0 unspecified atom stereocenters. The summed E-state index contributed by atoms with van der Waals surface area (Å²) < 4.78 is 48.8. The zero-order chi connectivity index (χ0) is 19.2. The molecule has 0 bridgehead atoms. The lowest BCUT2D eigenvalue weighted by Crippen LogP contribution is -2.21. The highest BCUT2D eigenvalue weighted by Gasteiger charge is 2.31. The van der Waals surface area contributed by atoms with Gasteiger partial charge in [0.15, 0.2) is 6.61 Å². The van der Waals surface area contributed by atoms with Crippen LogP contribution in [-0.4, -0.2) is 25.1 Å². The van der Waals surface area contributed by atoms with Gasteiger partial charge in [-0.2, -0.15) is 13.2 Å². The van der Waals surface area contributed by atoms with Crippen LogP contribution < -0.4 is 10.1 Å². The van der Waals surface area contributed by atoms with Crippen molar-refractivity contribution in [1.82, 2.24) is 0 Å². The molecular formula is C17H16F3NO4S. The molecule has 0 atom stereocenters. The Morgan fingerprint density at radius 3 is 2.62 bits per heavy atom.